The van der Waals surface area contributed by atoms with E-state index < -0.39 is 0 Å². The molecule has 0 aliphatic heterocycles. The number of nitrogens with zero attached hydrogens (tertiary/aromatic N) is 4. The monoisotopic (exact) mass is 362 g/mol. The first-order valence-corrected chi connectivity index (χ1v) is 9.76. The minimum absolute atomic E-state index is 0.0752. The van der Waals surface area contributed by atoms with Gasteiger partial charge in [0.15, 0.2) is 5.16 Å². The Labute approximate surface area is 154 Å². The predicted octanol–water partition coefficient (Wildman–Crippen LogP) is 3.98. The van der Waals surface area contributed by atoms with Crippen LogP contribution >= 0.6 is 11.8 Å². The molecule has 1 aliphatic rings. The molecule has 130 valence electrons. The summed E-state index contributed by atoms with van der Waals surface area (Å²) in [5, 5.41) is 1.50. The maximum Gasteiger partial charge on any atom is 0.262 e. The van der Waals surface area contributed by atoms with Gasteiger partial charge in [-0.25, -0.2) is 9.97 Å². The highest BCUT2D eigenvalue weighted by Gasteiger charge is 2.28. The molecule has 1 saturated carbocycles. The van der Waals surface area contributed by atoms with Crippen molar-refractivity contribution in [1.82, 2.24) is 18.9 Å². The van der Waals surface area contributed by atoms with Gasteiger partial charge in [0.05, 0.1) is 16.6 Å². The molecule has 0 atom stereocenters. The van der Waals surface area contributed by atoms with Crippen molar-refractivity contribution >= 4 is 28.3 Å². The molecule has 4 aromatic rings. The molecule has 0 saturated heterocycles. The van der Waals surface area contributed by atoms with Gasteiger partial charge in [0, 0.05) is 24.2 Å². The van der Waals surface area contributed by atoms with E-state index in [1.165, 1.54) is 5.56 Å². The number of imidazole rings is 1. The summed E-state index contributed by atoms with van der Waals surface area (Å²) >= 11 is 1.59. The maximum atomic E-state index is 12.9. The van der Waals surface area contributed by atoms with E-state index in [1.54, 1.807) is 11.8 Å². The summed E-state index contributed by atoms with van der Waals surface area (Å²) in [6.07, 6.45) is 6.24. The van der Waals surface area contributed by atoms with Crippen LogP contribution in [0.25, 0.3) is 16.6 Å². The largest absolute Gasteiger partial charge is 0.307 e. The van der Waals surface area contributed by atoms with Gasteiger partial charge in [-0.15, -0.1) is 0 Å². The second-order valence-corrected chi connectivity index (χ2v) is 7.75. The quantitative estimate of drug-likeness (QED) is 0.407. The highest BCUT2D eigenvalue weighted by atomic mass is 32.2. The molecular formula is C20H18N4OS. The predicted molar refractivity (Wildman–Crippen MR) is 104 cm³/mol. The van der Waals surface area contributed by atoms with Crippen LogP contribution in [0.5, 0.6) is 0 Å². The molecule has 0 bridgehead atoms. The Morgan fingerprint density at radius 1 is 1.12 bits per heavy atom. The topological polar surface area (TPSA) is 52.2 Å². The van der Waals surface area contributed by atoms with E-state index in [1.807, 2.05) is 39.3 Å². The number of hydrogen-bond acceptors (Lipinski definition) is 4. The van der Waals surface area contributed by atoms with E-state index in [-0.39, 0.29) is 5.56 Å². The van der Waals surface area contributed by atoms with E-state index in [9.17, 15) is 4.79 Å². The van der Waals surface area contributed by atoms with Crippen molar-refractivity contribution in [3.63, 3.8) is 0 Å². The molecule has 0 unspecified atom stereocenters. The molecule has 0 amide bonds. The molecular weight excluding hydrogens is 344 g/mol. The van der Waals surface area contributed by atoms with Crippen molar-refractivity contribution in [3.05, 3.63) is 70.4 Å². The third kappa shape index (κ3) is 2.70. The first kappa shape index (κ1) is 15.6. The Morgan fingerprint density at radius 2 is 1.96 bits per heavy atom. The van der Waals surface area contributed by atoms with Gasteiger partial charge in [-0.1, -0.05) is 30.0 Å². The lowest BCUT2D eigenvalue weighted by molar-refractivity contribution is 0.618. The van der Waals surface area contributed by atoms with Crippen LogP contribution in [0, 0.1) is 6.92 Å². The van der Waals surface area contributed by atoms with Gasteiger partial charge in [-0.2, -0.15) is 0 Å². The summed E-state index contributed by atoms with van der Waals surface area (Å²) < 4.78 is 3.93. The third-order valence-corrected chi connectivity index (χ3v) is 5.67. The average Bonchev–Trinajstić information content (AvgIpc) is 3.39. The lowest BCUT2D eigenvalue weighted by Crippen LogP contribution is -2.22. The molecule has 26 heavy (non-hydrogen) atoms. The van der Waals surface area contributed by atoms with Crippen molar-refractivity contribution in [2.45, 2.75) is 36.7 Å². The molecule has 3 heterocycles. The lowest BCUT2D eigenvalue weighted by atomic mass is 10.2. The van der Waals surface area contributed by atoms with Crippen LogP contribution in [0.15, 0.2) is 58.7 Å². The summed E-state index contributed by atoms with van der Waals surface area (Å²) in [5.74, 6) is 0.693. The number of para-hydroxylation sites is 1. The molecule has 6 heteroatoms. The zero-order valence-corrected chi connectivity index (χ0v) is 15.2. The van der Waals surface area contributed by atoms with Crippen LogP contribution in [-0.2, 0) is 5.75 Å². The van der Waals surface area contributed by atoms with E-state index in [0.717, 1.165) is 34.9 Å². The average molecular weight is 362 g/mol. The Kier molecular flexibility index (Phi) is 3.60. The normalized spacial score (nSPS) is 14.3. The Hall–Kier alpha value is -2.60. The van der Waals surface area contributed by atoms with E-state index in [2.05, 4.69) is 30.4 Å². The number of pyridine rings is 1. The minimum Gasteiger partial charge on any atom is -0.307 e. The second-order valence-electron chi connectivity index (χ2n) is 6.81. The van der Waals surface area contributed by atoms with Gasteiger partial charge < -0.3 is 4.40 Å². The molecule has 3 aromatic heterocycles. The van der Waals surface area contributed by atoms with Crippen LogP contribution in [0.2, 0.25) is 0 Å². The van der Waals surface area contributed by atoms with Crippen LogP contribution in [0.1, 0.15) is 30.1 Å². The first-order valence-electron chi connectivity index (χ1n) is 8.77. The summed E-state index contributed by atoms with van der Waals surface area (Å²) in [6.45, 7) is 2.07. The number of thioether (sulfide) groups is 1. The van der Waals surface area contributed by atoms with Crippen molar-refractivity contribution in [2.75, 3.05) is 0 Å². The third-order valence-electron chi connectivity index (χ3n) is 4.69. The molecule has 5 rings (SSSR count). The van der Waals surface area contributed by atoms with Gasteiger partial charge >= 0.3 is 0 Å². The number of rotatable bonds is 4. The fourth-order valence-corrected chi connectivity index (χ4v) is 4.20. The van der Waals surface area contributed by atoms with Crippen LogP contribution in [-0.4, -0.2) is 18.9 Å². The summed E-state index contributed by atoms with van der Waals surface area (Å²) in [6, 6.07) is 12.0. The lowest BCUT2D eigenvalue weighted by Gasteiger charge is -2.11. The second kappa shape index (κ2) is 5.99. The Balaban J connectivity index is 1.52. The molecule has 1 aromatic carbocycles. The van der Waals surface area contributed by atoms with Gasteiger partial charge in [-0.05, 0) is 43.5 Å². The van der Waals surface area contributed by atoms with Crippen LogP contribution < -0.4 is 5.56 Å². The van der Waals surface area contributed by atoms with Gasteiger partial charge in [-0.3, -0.25) is 9.36 Å². The Bertz CT molecular complexity index is 1190. The molecule has 1 fully saturated rings. The zero-order valence-electron chi connectivity index (χ0n) is 14.4. The number of aryl methyl sites for hydroxylation is 1. The molecule has 5 nitrogen and oxygen atoms in total. The highest BCUT2D eigenvalue weighted by Crippen LogP contribution is 2.37. The molecule has 1 aliphatic carbocycles. The fourth-order valence-electron chi connectivity index (χ4n) is 3.25. The van der Waals surface area contributed by atoms with Gasteiger partial charge in [0.2, 0.25) is 0 Å². The fraction of sp³-hybridized carbons (Fsp3) is 0.250. The van der Waals surface area contributed by atoms with Crippen LogP contribution in [0.3, 0.4) is 0 Å². The van der Waals surface area contributed by atoms with E-state index in [4.69, 9.17) is 4.98 Å². The van der Waals surface area contributed by atoms with Crippen molar-refractivity contribution < 1.29 is 0 Å². The molecule has 0 spiro atoms. The standard InChI is InChI=1S/C20H18N4OS/c1-13-6-9-18-21-14(11-23(18)10-13)12-26-20-22-17-5-3-2-4-16(17)19(25)24(20)15-7-8-15/h2-6,9-11,15H,7-8,12H2,1H3. The van der Waals surface area contributed by atoms with Gasteiger partial charge in [0.25, 0.3) is 5.56 Å². The van der Waals surface area contributed by atoms with Crippen LogP contribution in [0.4, 0.5) is 0 Å². The Morgan fingerprint density at radius 3 is 2.81 bits per heavy atom. The summed E-state index contributed by atoms with van der Waals surface area (Å²) in [7, 11) is 0. The number of hydrogen-bond donors (Lipinski definition) is 0. The zero-order chi connectivity index (χ0) is 17.7. The van der Waals surface area contributed by atoms with Gasteiger partial charge in [0.1, 0.15) is 5.65 Å². The van der Waals surface area contributed by atoms with Crippen molar-refractivity contribution in [1.29, 1.82) is 0 Å². The number of aromatic nitrogens is 4. The minimum atomic E-state index is 0.0752. The smallest absolute Gasteiger partial charge is 0.262 e. The SMILES string of the molecule is Cc1ccc2nc(CSc3nc4ccccc4c(=O)n3C3CC3)cn2c1. The first-order chi connectivity index (χ1) is 12.7. The highest BCUT2D eigenvalue weighted by molar-refractivity contribution is 7.98. The number of benzene rings is 1. The summed E-state index contributed by atoms with van der Waals surface area (Å²) in [5.41, 5.74) is 3.98. The maximum absolute atomic E-state index is 12.9. The van der Waals surface area contributed by atoms with E-state index >= 15 is 0 Å². The molecule has 0 N–H and O–H groups in total. The van der Waals surface area contributed by atoms with Crippen molar-refractivity contribution in [3.8, 4) is 0 Å². The number of fused-ring (bicyclic) bond motifs is 2. The van der Waals surface area contributed by atoms with E-state index in [0.29, 0.717) is 17.2 Å². The van der Waals surface area contributed by atoms with Crippen molar-refractivity contribution in [2.24, 2.45) is 0 Å². The summed E-state index contributed by atoms with van der Waals surface area (Å²) in [4.78, 5) is 22.4. The molecule has 0 radical (unpaired) electrons.